The molecule has 150 valence electrons. The number of hydrogen-bond acceptors (Lipinski definition) is 4. The SMILES string of the molecule is CCc1cc2c(cc1N1CCNCC1)C(C)(C)c1[nH]c3cc(N)ccc3c1C2=O. The molecule has 0 saturated carbocycles. The summed E-state index contributed by atoms with van der Waals surface area (Å²) in [4.78, 5) is 19.6. The van der Waals surface area contributed by atoms with Crippen molar-refractivity contribution in [2.24, 2.45) is 0 Å². The van der Waals surface area contributed by atoms with E-state index in [1.807, 2.05) is 18.2 Å². The van der Waals surface area contributed by atoms with Crippen LogP contribution >= 0.6 is 0 Å². The Morgan fingerprint density at radius 1 is 1.14 bits per heavy atom. The van der Waals surface area contributed by atoms with Gasteiger partial charge in [-0.05, 0) is 41.8 Å². The van der Waals surface area contributed by atoms with Crippen molar-refractivity contribution in [3.05, 3.63) is 58.3 Å². The molecule has 0 unspecified atom stereocenters. The van der Waals surface area contributed by atoms with Gasteiger partial charge in [0.1, 0.15) is 0 Å². The number of benzene rings is 2. The predicted molar refractivity (Wildman–Crippen MR) is 119 cm³/mol. The molecule has 5 rings (SSSR count). The molecule has 0 atom stereocenters. The van der Waals surface area contributed by atoms with Crippen molar-refractivity contribution < 1.29 is 4.79 Å². The Labute approximate surface area is 171 Å². The normalized spacial score (nSPS) is 18.0. The lowest BCUT2D eigenvalue weighted by molar-refractivity contribution is 0.103. The van der Waals surface area contributed by atoms with Crippen LogP contribution < -0.4 is 16.0 Å². The molecule has 3 aromatic rings. The number of carbonyl (C=O) groups is 1. The number of fused-ring (bicyclic) bond motifs is 4. The van der Waals surface area contributed by atoms with E-state index in [1.165, 1.54) is 11.3 Å². The van der Waals surface area contributed by atoms with Crippen LogP contribution in [0.15, 0.2) is 30.3 Å². The molecule has 0 radical (unpaired) electrons. The molecule has 0 spiro atoms. The predicted octanol–water partition coefficient (Wildman–Crippen LogP) is 3.59. The van der Waals surface area contributed by atoms with Gasteiger partial charge in [0.25, 0.3) is 0 Å². The number of carbonyl (C=O) groups excluding carboxylic acids is 1. The number of nitrogens with two attached hydrogens (primary N) is 1. The summed E-state index contributed by atoms with van der Waals surface area (Å²) < 4.78 is 0. The highest BCUT2D eigenvalue weighted by Crippen LogP contribution is 2.45. The Hall–Kier alpha value is -2.79. The summed E-state index contributed by atoms with van der Waals surface area (Å²) >= 11 is 0. The highest BCUT2D eigenvalue weighted by molar-refractivity contribution is 6.20. The summed E-state index contributed by atoms with van der Waals surface area (Å²) in [5.41, 5.74) is 13.6. The lowest BCUT2D eigenvalue weighted by Crippen LogP contribution is -2.44. The summed E-state index contributed by atoms with van der Waals surface area (Å²) in [5.74, 6) is 0.118. The maximum absolute atomic E-state index is 13.6. The minimum absolute atomic E-state index is 0.118. The zero-order valence-electron chi connectivity index (χ0n) is 17.4. The summed E-state index contributed by atoms with van der Waals surface area (Å²) in [6.07, 6.45) is 0.914. The Kier molecular flexibility index (Phi) is 4.00. The van der Waals surface area contributed by atoms with E-state index in [2.05, 4.69) is 48.1 Å². The smallest absolute Gasteiger partial charge is 0.195 e. The van der Waals surface area contributed by atoms with Gasteiger partial charge in [-0.1, -0.05) is 26.8 Å². The van der Waals surface area contributed by atoms with E-state index in [0.29, 0.717) is 5.69 Å². The van der Waals surface area contributed by atoms with Crippen molar-refractivity contribution in [1.82, 2.24) is 10.3 Å². The molecule has 1 aliphatic heterocycles. The fourth-order valence-corrected chi connectivity index (χ4v) is 5.01. The number of H-pyrrole nitrogens is 1. The summed E-state index contributed by atoms with van der Waals surface area (Å²) in [6, 6.07) is 10.2. The van der Waals surface area contributed by atoms with Crippen molar-refractivity contribution in [1.29, 1.82) is 0 Å². The molecule has 5 heteroatoms. The van der Waals surface area contributed by atoms with Crippen LogP contribution in [0.25, 0.3) is 10.9 Å². The highest BCUT2D eigenvalue weighted by atomic mass is 16.1. The monoisotopic (exact) mass is 388 g/mol. The zero-order chi connectivity index (χ0) is 20.3. The van der Waals surface area contributed by atoms with E-state index in [1.54, 1.807) is 0 Å². The number of nitrogen functional groups attached to an aromatic ring is 1. The third kappa shape index (κ3) is 2.60. The first-order valence-electron chi connectivity index (χ1n) is 10.5. The van der Waals surface area contributed by atoms with Crippen LogP contribution in [0.3, 0.4) is 0 Å². The number of aromatic amines is 1. The molecule has 5 nitrogen and oxygen atoms in total. The van der Waals surface area contributed by atoms with Crippen molar-refractivity contribution in [3.8, 4) is 0 Å². The molecule has 2 heterocycles. The van der Waals surface area contributed by atoms with Gasteiger partial charge in [0, 0.05) is 65.1 Å². The van der Waals surface area contributed by atoms with Crippen molar-refractivity contribution in [2.75, 3.05) is 36.8 Å². The molecular formula is C24H28N4O. The first-order chi connectivity index (χ1) is 13.9. The molecule has 0 amide bonds. The minimum atomic E-state index is -0.290. The van der Waals surface area contributed by atoms with Crippen LogP contribution in [-0.2, 0) is 11.8 Å². The maximum atomic E-state index is 13.6. The molecule has 4 N–H and O–H groups in total. The fourth-order valence-electron chi connectivity index (χ4n) is 5.01. The van der Waals surface area contributed by atoms with E-state index >= 15 is 0 Å². The second-order valence-corrected chi connectivity index (χ2v) is 8.75. The molecule has 1 aromatic heterocycles. The number of nitrogens with one attached hydrogen (secondary N) is 2. The number of rotatable bonds is 2. The van der Waals surface area contributed by atoms with Crippen LogP contribution in [0.5, 0.6) is 0 Å². The summed E-state index contributed by atoms with van der Waals surface area (Å²) in [5, 5.41) is 4.39. The van der Waals surface area contributed by atoms with Gasteiger partial charge in [-0.3, -0.25) is 4.79 Å². The molecular weight excluding hydrogens is 360 g/mol. The van der Waals surface area contributed by atoms with Crippen LogP contribution in [0.4, 0.5) is 11.4 Å². The number of ketones is 1. The van der Waals surface area contributed by atoms with Crippen LogP contribution in [0, 0.1) is 0 Å². The van der Waals surface area contributed by atoms with E-state index < -0.39 is 0 Å². The van der Waals surface area contributed by atoms with Gasteiger partial charge in [-0.2, -0.15) is 0 Å². The van der Waals surface area contributed by atoms with E-state index in [-0.39, 0.29) is 11.2 Å². The Balaban J connectivity index is 1.74. The highest BCUT2D eigenvalue weighted by Gasteiger charge is 2.40. The van der Waals surface area contributed by atoms with Crippen molar-refractivity contribution in [2.45, 2.75) is 32.6 Å². The third-order valence-corrected chi connectivity index (χ3v) is 6.65. The number of nitrogens with zero attached hydrogens (tertiary/aromatic N) is 1. The van der Waals surface area contributed by atoms with Crippen molar-refractivity contribution >= 4 is 28.1 Å². The first-order valence-corrected chi connectivity index (χ1v) is 10.5. The molecule has 0 bridgehead atoms. The Bertz CT molecular complexity index is 1140. The van der Waals surface area contributed by atoms with E-state index in [9.17, 15) is 4.79 Å². The molecule has 1 saturated heterocycles. The van der Waals surface area contributed by atoms with Crippen LogP contribution in [0.2, 0.25) is 0 Å². The second kappa shape index (κ2) is 6.36. The van der Waals surface area contributed by atoms with Gasteiger partial charge in [0.15, 0.2) is 5.78 Å². The van der Waals surface area contributed by atoms with Gasteiger partial charge in [0.05, 0.1) is 5.56 Å². The van der Waals surface area contributed by atoms with Crippen LogP contribution in [-0.4, -0.2) is 36.9 Å². The van der Waals surface area contributed by atoms with Gasteiger partial charge >= 0.3 is 0 Å². The number of aryl methyl sites for hydroxylation is 1. The second-order valence-electron chi connectivity index (χ2n) is 8.75. The van der Waals surface area contributed by atoms with E-state index in [4.69, 9.17) is 5.73 Å². The average Bonchev–Trinajstić information content (AvgIpc) is 3.12. The largest absolute Gasteiger partial charge is 0.399 e. The van der Waals surface area contributed by atoms with Crippen molar-refractivity contribution in [3.63, 3.8) is 0 Å². The fraction of sp³-hybridized carbons (Fsp3) is 0.375. The minimum Gasteiger partial charge on any atom is -0.399 e. The van der Waals surface area contributed by atoms with E-state index in [0.717, 1.165) is 65.9 Å². The van der Waals surface area contributed by atoms with Crippen LogP contribution in [0.1, 0.15) is 53.5 Å². The summed E-state index contributed by atoms with van der Waals surface area (Å²) in [7, 11) is 0. The molecule has 2 aliphatic rings. The number of aromatic nitrogens is 1. The quantitative estimate of drug-likeness (QED) is 0.587. The average molecular weight is 389 g/mol. The first kappa shape index (κ1) is 18.3. The maximum Gasteiger partial charge on any atom is 0.195 e. The lowest BCUT2D eigenvalue weighted by atomic mass is 9.70. The molecule has 1 aliphatic carbocycles. The van der Waals surface area contributed by atoms with Gasteiger partial charge in [0.2, 0.25) is 0 Å². The molecule has 29 heavy (non-hydrogen) atoms. The third-order valence-electron chi connectivity index (χ3n) is 6.65. The molecule has 1 fully saturated rings. The number of piperazine rings is 1. The standard InChI is InChI=1S/C24H28N4O/c1-4-14-11-17-18(13-20(14)28-9-7-26-8-10-28)24(2,3)23-21(22(17)29)16-6-5-15(25)12-19(16)27-23/h5-6,11-13,26-27H,4,7-10,25H2,1-3H3. The van der Waals surface area contributed by atoms with Gasteiger partial charge in [-0.15, -0.1) is 0 Å². The topological polar surface area (TPSA) is 74.2 Å². The number of anilines is 2. The molecule has 2 aromatic carbocycles. The van der Waals surface area contributed by atoms with Gasteiger partial charge < -0.3 is 20.9 Å². The number of hydrogen-bond donors (Lipinski definition) is 3. The summed E-state index contributed by atoms with van der Waals surface area (Å²) in [6.45, 7) is 10.6. The lowest BCUT2D eigenvalue weighted by Gasteiger charge is -2.36. The Morgan fingerprint density at radius 3 is 2.62 bits per heavy atom. The van der Waals surface area contributed by atoms with Gasteiger partial charge in [-0.25, -0.2) is 0 Å². The Morgan fingerprint density at radius 2 is 1.90 bits per heavy atom. The zero-order valence-corrected chi connectivity index (χ0v) is 17.4.